The molecule has 2 aromatic heterocycles. The third kappa shape index (κ3) is 2.42. The Kier molecular flexibility index (Phi) is 3.84. The number of hydrogen-bond donors (Lipinski definition) is 2. The van der Waals surface area contributed by atoms with Crippen molar-refractivity contribution in [3.05, 3.63) is 53.5 Å². The van der Waals surface area contributed by atoms with Gasteiger partial charge in [-0.3, -0.25) is 5.41 Å². The van der Waals surface area contributed by atoms with E-state index in [2.05, 4.69) is 11.7 Å². The minimum Gasteiger partial charge on any atom is -0.384 e. The highest BCUT2D eigenvalue weighted by Crippen LogP contribution is 2.25. The summed E-state index contributed by atoms with van der Waals surface area (Å²) in [7, 11) is 0. The molecule has 0 aromatic carbocycles. The number of nitrogen functional groups attached to an aromatic ring is 1. The Hall–Kier alpha value is -2.56. The van der Waals surface area contributed by atoms with Crippen LogP contribution >= 0.6 is 0 Å². The van der Waals surface area contributed by atoms with Crippen molar-refractivity contribution >= 4 is 11.5 Å². The normalized spacial score (nSPS) is 11.2. The molecule has 0 radical (unpaired) electrons. The summed E-state index contributed by atoms with van der Waals surface area (Å²) in [5, 5.41) is 12.4. The molecule has 5 nitrogen and oxygen atoms in total. The van der Waals surface area contributed by atoms with Crippen LogP contribution in [-0.2, 0) is 0 Å². The average Bonchev–Trinajstić information content (AvgIpc) is 2.90. The van der Waals surface area contributed by atoms with Crippen LogP contribution < -0.4 is 5.73 Å². The first-order valence-electron chi connectivity index (χ1n) is 6.79. The molecular weight excluding hydrogens is 262 g/mol. The monoisotopic (exact) mass is 283 g/mol. The fraction of sp³-hybridized carbons (Fsp3) is 0.250. The molecule has 0 unspecified atom stereocenters. The molecule has 3 N–H and O–H groups in total. The Labute approximate surface area is 124 Å². The van der Waals surface area contributed by atoms with Crippen LogP contribution in [0.5, 0.6) is 0 Å². The van der Waals surface area contributed by atoms with Gasteiger partial charge in [0.15, 0.2) is 5.82 Å². The van der Waals surface area contributed by atoms with Crippen LogP contribution in [0.4, 0.5) is 0 Å². The van der Waals surface area contributed by atoms with E-state index >= 15 is 0 Å². The van der Waals surface area contributed by atoms with Gasteiger partial charge in [0.05, 0.1) is 17.0 Å². The van der Waals surface area contributed by atoms with Gasteiger partial charge < -0.3 is 10.3 Å². The van der Waals surface area contributed by atoms with Crippen LogP contribution in [0.1, 0.15) is 29.6 Å². The standard InChI is InChI=1S/C16H21N5/c1-6-7-12(4)21-16(14(15(17)18)13(5)19-21)20-10(2)8-9-11(20)3/h6-9H,4H2,1-3,5H3,(H3,17,18)/b7-6-. The molecule has 0 bridgehead atoms. The summed E-state index contributed by atoms with van der Waals surface area (Å²) < 4.78 is 3.79. The summed E-state index contributed by atoms with van der Waals surface area (Å²) in [5.41, 5.74) is 9.99. The van der Waals surface area contributed by atoms with E-state index in [1.165, 1.54) is 0 Å². The number of rotatable bonds is 4. The average molecular weight is 283 g/mol. The Bertz CT molecular complexity index is 724. The number of nitrogens with two attached hydrogens (primary N) is 1. The highest BCUT2D eigenvalue weighted by Gasteiger charge is 2.21. The molecule has 0 atom stereocenters. The van der Waals surface area contributed by atoms with Gasteiger partial charge in [-0.1, -0.05) is 12.7 Å². The number of hydrogen-bond acceptors (Lipinski definition) is 2. The summed E-state index contributed by atoms with van der Waals surface area (Å²) in [6.07, 6.45) is 3.79. The Balaban J connectivity index is 2.84. The van der Waals surface area contributed by atoms with Crippen LogP contribution in [0, 0.1) is 26.2 Å². The summed E-state index contributed by atoms with van der Waals surface area (Å²) in [6, 6.07) is 4.06. The van der Waals surface area contributed by atoms with Gasteiger partial charge in [-0.05, 0) is 45.9 Å². The van der Waals surface area contributed by atoms with E-state index in [1.54, 1.807) is 4.68 Å². The van der Waals surface area contributed by atoms with Crippen LogP contribution in [0.15, 0.2) is 30.9 Å². The highest BCUT2D eigenvalue weighted by atomic mass is 15.4. The molecule has 0 aliphatic heterocycles. The van der Waals surface area contributed by atoms with E-state index in [9.17, 15) is 0 Å². The molecule has 0 amide bonds. The molecule has 0 saturated heterocycles. The van der Waals surface area contributed by atoms with Crippen LogP contribution in [0.25, 0.3) is 11.5 Å². The zero-order chi connectivity index (χ0) is 15.7. The van der Waals surface area contributed by atoms with E-state index in [0.717, 1.165) is 28.6 Å². The Morgan fingerprint density at radius 3 is 2.33 bits per heavy atom. The van der Waals surface area contributed by atoms with Crippen molar-refractivity contribution in [1.82, 2.24) is 14.3 Å². The fourth-order valence-corrected chi connectivity index (χ4v) is 2.50. The lowest BCUT2D eigenvalue weighted by Gasteiger charge is -2.14. The number of aryl methyl sites for hydroxylation is 3. The lowest BCUT2D eigenvalue weighted by atomic mass is 10.2. The maximum Gasteiger partial charge on any atom is 0.152 e. The fourth-order valence-electron chi connectivity index (χ4n) is 2.50. The summed E-state index contributed by atoms with van der Waals surface area (Å²) in [4.78, 5) is 0. The molecule has 2 heterocycles. The molecule has 21 heavy (non-hydrogen) atoms. The SMILES string of the molecule is C=C(/C=C\C)n1nc(C)c(C(=N)N)c1-n1c(C)ccc1C. The number of allylic oxidation sites excluding steroid dienone is 3. The van der Waals surface area contributed by atoms with Crippen LogP contribution in [-0.4, -0.2) is 20.2 Å². The molecule has 0 spiro atoms. The smallest absolute Gasteiger partial charge is 0.152 e. The molecule has 0 aliphatic rings. The molecule has 0 saturated carbocycles. The van der Waals surface area contributed by atoms with Crippen molar-refractivity contribution in [2.75, 3.05) is 0 Å². The predicted octanol–water partition coefficient (Wildman–Crippen LogP) is 2.93. The molecule has 0 fully saturated rings. The van der Waals surface area contributed by atoms with Gasteiger partial charge in [0.1, 0.15) is 5.84 Å². The topological polar surface area (TPSA) is 72.6 Å². The van der Waals surface area contributed by atoms with Gasteiger partial charge in [0, 0.05) is 11.4 Å². The van der Waals surface area contributed by atoms with Gasteiger partial charge >= 0.3 is 0 Å². The summed E-state index contributed by atoms with van der Waals surface area (Å²) in [6.45, 7) is 11.9. The van der Waals surface area contributed by atoms with Gasteiger partial charge in [0.25, 0.3) is 0 Å². The first-order chi connectivity index (χ1) is 9.88. The Morgan fingerprint density at radius 1 is 1.29 bits per heavy atom. The molecular formula is C16H21N5. The number of nitrogens with zero attached hydrogens (tertiary/aromatic N) is 3. The van der Waals surface area contributed by atoms with Crippen molar-refractivity contribution in [1.29, 1.82) is 5.41 Å². The number of nitrogens with one attached hydrogen (secondary N) is 1. The van der Waals surface area contributed by atoms with Crippen LogP contribution in [0.3, 0.4) is 0 Å². The summed E-state index contributed by atoms with van der Waals surface area (Å²) >= 11 is 0. The highest BCUT2D eigenvalue weighted by molar-refractivity contribution is 5.99. The van der Waals surface area contributed by atoms with Crippen molar-refractivity contribution in [2.45, 2.75) is 27.7 Å². The second kappa shape index (κ2) is 5.44. The van der Waals surface area contributed by atoms with E-state index in [4.69, 9.17) is 11.1 Å². The van der Waals surface area contributed by atoms with E-state index < -0.39 is 0 Å². The second-order valence-corrected chi connectivity index (χ2v) is 5.05. The van der Waals surface area contributed by atoms with Crippen molar-refractivity contribution in [3.63, 3.8) is 0 Å². The lowest BCUT2D eigenvalue weighted by Crippen LogP contribution is -2.17. The molecule has 0 aliphatic carbocycles. The second-order valence-electron chi connectivity index (χ2n) is 5.05. The third-order valence-corrected chi connectivity index (χ3v) is 3.42. The van der Waals surface area contributed by atoms with E-state index in [0.29, 0.717) is 5.56 Å². The predicted molar refractivity (Wildman–Crippen MR) is 86.9 cm³/mol. The molecule has 5 heteroatoms. The zero-order valence-corrected chi connectivity index (χ0v) is 12.9. The van der Waals surface area contributed by atoms with E-state index in [1.807, 2.05) is 56.5 Å². The van der Waals surface area contributed by atoms with Gasteiger partial charge in [-0.15, -0.1) is 0 Å². The van der Waals surface area contributed by atoms with E-state index in [-0.39, 0.29) is 5.84 Å². The minimum absolute atomic E-state index is 0.00882. The quantitative estimate of drug-likeness (QED) is 0.514. The number of aromatic nitrogens is 3. The molecule has 2 aromatic rings. The number of amidine groups is 1. The van der Waals surface area contributed by atoms with Crippen molar-refractivity contribution < 1.29 is 0 Å². The largest absolute Gasteiger partial charge is 0.384 e. The molecule has 2 rings (SSSR count). The van der Waals surface area contributed by atoms with Crippen LogP contribution in [0.2, 0.25) is 0 Å². The van der Waals surface area contributed by atoms with Gasteiger partial charge in [0.2, 0.25) is 0 Å². The Morgan fingerprint density at radius 2 is 1.86 bits per heavy atom. The van der Waals surface area contributed by atoms with Gasteiger partial charge in [-0.2, -0.15) is 5.10 Å². The minimum atomic E-state index is 0.00882. The lowest BCUT2D eigenvalue weighted by molar-refractivity contribution is 0.812. The first-order valence-corrected chi connectivity index (χ1v) is 6.79. The first kappa shape index (κ1) is 14.8. The third-order valence-electron chi connectivity index (χ3n) is 3.42. The zero-order valence-electron chi connectivity index (χ0n) is 12.9. The van der Waals surface area contributed by atoms with Gasteiger partial charge in [-0.25, -0.2) is 4.68 Å². The summed E-state index contributed by atoms with van der Waals surface area (Å²) in [5.74, 6) is 0.776. The maximum atomic E-state index is 7.88. The molecule has 110 valence electrons. The maximum absolute atomic E-state index is 7.88. The van der Waals surface area contributed by atoms with Crippen molar-refractivity contribution in [3.8, 4) is 5.82 Å². The van der Waals surface area contributed by atoms with Crippen molar-refractivity contribution in [2.24, 2.45) is 5.73 Å².